The topological polar surface area (TPSA) is 68.5 Å². The summed E-state index contributed by atoms with van der Waals surface area (Å²) in [6.45, 7) is 4.81. The number of carbonyl (C=O) groups is 2. The molecular weight excluding hydrogens is 411 g/mol. The van der Waals surface area contributed by atoms with Gasteiger partial charge in [-0.3, -0.25) is 4.79 Å². The van der Waals surface area contributed by atoms with E-state index < -0.39 is 18.1 Å². The highest BCUT2D eigenvalue weighted by atomic mass is 19.4. The van der Waals surface area contributed by atoms with Crippen molar-refractivity contribution in [2.24, 2.45) is 5.92 Å². The van der Waals surface area contributed by atoms with Gasteiger partial charge in [0.1, 0.15) is 5.75 Å². The van der Waals surface area contributed by atoms with Crippen molar-refractivity contribution in [3.63, 3.8) is 0 Å². The fourth-order valence-electron chi connectivity index (χ4n) is 3.60. The SMILES string of the molecule is CCC(CC)Cn1cc(C(=O)C(=O)O)c2cc(-c3ccc(OC(F)(F)F)cc3)ccc21. The summed E-state index contributed by atoms with van der Waals surface area (Å²) in [6, 6.07) is 10.6. The summed E-state index contributed by atoms with van der Waals surface area (Å²) in [5.41, 5.74) is 2.08. The summed E-state index contributed by atoms with van der Waals surface area (Å²) in [5.74, 6) is -2.50. The lowest BCUT2D eigenvalue weighted by atomic mass is 10.0. The quantitative estimate of drug-likeness (QED) is 0.354. The maximum atomic E-state index is 12.4. The van der Waals surface area contributed by atoms with Gasteiger partial charge in [0.2, 0.25) is 0 Å². The maximum Gasteiger partial charge on any atom is 0.573 e. The molecule has 0 amide bonds. The van der Waals surface area contributed by atoms with E-state index in [0.717, 1.165) is 18.4 Å². The smallest absolute Gasteiger partial charge is 0.475 e. The Kier molecular flexibility index (Phi) is 6.38. The van der Waals surface area contributed by atoms with Gasteiger partial charge in [-0.25, -0.2) is 4.79 Å². The lowest BCUT2D eigenvalue weighted by Crippen LogP contribution is -2.16. The summed E-state index contributed by atoms with van der Waals surface area (Å²) in [5, 5.41) is 9.72. The summed E-state index contributed by atoms with van der Waals surface area (Å²) >= 11 is 0. The zero-order valence-electron chi connectivity index (χ0n) is 17.1. The monoisotopic (exact) mass is 433 g/mol. The highest BCUT2D eigenvalue weighted by Gasteiger charge is 2.31. The minimum absolute atomic E-state index is 0.0901. The first-order chi connectivity index (χ1) is 14.6. The van der Waals surface area contributed by atoms with Crippen molar-refractivity contribution in [1.82, 2.24) is 4.57 Å². The fourth-order valence-corrected chi connectivity index (χ4v) is 3.60. The number of fused-ring (bicyclic) bond motifs is 1. The van der Waals surface area contributed by atoms with E-state index >= 15 is 0 Å². The van der Waals surface area contributed by atoms with E-state index in [1.807, 2.05) is 4.57 Å². The number of alkyl halides is 3. The number of nitrogens with zero attached hydrogens (tertiary/aromatic N) is 1. The predicted molar refractivity (Wildman–Crippen MR) is 110 cm³/mol. The molecule has 0 bridgehead atoms. The van der Waals surface area contributed by atoms with Gasteiger partial charge < -0.3 is 14.4 Å². The molecule has 0 saturated heterocycles. The molecule has 0 aliphatic carbocycles. The average molecular weight is 433 g/mol. The van der Waals surface area contributed by atoms with Crippen molar-refractivity contribution in [2.75, 3.05) is 0 Å². The third-order valence-electron chi connectivity index (χ3n) is 5.35. The van der Waals surface area contributed by atoms with Crippen LogP contribution in [-0.4, -0.2) is 27.8 Å². The Labute approximate surface area is 177 Å². The summed E-state index contributed by atoms with van der Waals surface area (Å²) in [7, 11) is 0. The molecule has 3 aromatic rings. The van der Waals surface area contributed by atoms with Gasteiger partial charge in [0.15, 0.2) is 0 Å². The molecule has 3 rings (SSSR count). The van der Waals surface area contributed by atoms with Gasteiger partial charge >= 0.3 is 12.3 Å². The van der Waals surface area contributed by atoms with Crippen molar-refractivity contribution in [1.29, 1.82) is 0 Å². The number of aliphatic carboxylic acids is 1. The van der Waals surface area contributed by atoms with Crippen LogP contribution in [0.3, 0.4) is 0 Å². The number of ketones is 1. The second kappa shape index (κ2) is 8.83. The van der Waals surface area contributed by atoms with Crippen LogP contribution in [0.1, 0.15) is 37.0 Å². The first-order valence-electron chi connectivity index (χ1n) is 9.89. The number of rotatable bonds is 8. The molecule has 0 atom stereocenters. The van der Waals surface area contributed by atoms with Gasteiger partial charge in [0.25, 0.3) is 5.78 Å². The van der Waals surface area contributed by atoms with Crippen LogP contribution in [0.5, 0.6) is 5.75 Å². The van der Waals surface area contributed by atoms with E-state index in [9.17, 15) is 27.9 Å². The largest absolute Gasteiger partial charge is 0.573 e. The van der Waals surface area contributed by atoms with E-state index in [1.54, 1.807) is 24.4 Å². The Hall–Kier alpha value is -3.29. The van der Waals surface area contributed by atoms with Crippen LogP contribution in [0.25, 0.3) is 22.0 Å². The molecule has 0 fully saturated rings. The Morgan fingerprint density at radius 3 is 2.19 bits per heavy atom. The molecule has 0 spiro atoms. The lowest BCUT2D eigenvalue weighted by Gasteiger charge is -2.14. The van der Waals surface area contributed by atoms with Crippen molar-refractivity contribution in [3.8, 4) is 16.9 Å². The average Bonchev–Trinajstić information content (AvgIpc) is 3.08. The van der Waals surface area contributed by atoms with E-state index in [1.165, 1.54) is 24.3 Å². The maximum absolute atomic E-state index is 12.4. The normalized spacial score (nSPS) is 11.8. The van der Waals surface area contributed by atoms with E-state index in [4.69, 9.17) is 0 Å². The first-order valence-corrected chi connectivity index (χ1v) is 9.89. The number of hydrogen-bond donors (Lipinski definition) is 1. The number of ether oxygens (including phenoxy) is 1. The van der Waals surface area contributed by atoms with Crippen LogP contribution >= 0.6 is 0 Å². The van der Waals surface area contributed by atoms with Crippen LogP contribution in [0.4, 0.5) is 13.2 Å². The first kappa shape index (κ1) is 22.4. The van der Waals surface area contributed by atoms with Gasteiger partial charge in [-0.2, -0.15) is 0 Å². The van der Waals surface area contributed by atoms with Crippen molar-refractivity contribution in [2.45, 2.75) is 39.6 Å². The second-order valence-corrected chi connectivity index (χ2v) is 7.32. The third-order valence-corrected chi connectivity index (χ3v) is 5.35. The number of Topliss-reactive ketones (excluding diaryl/α,β-unsaturated/α-hetero) is 1. The highest BCUT2D eigenvalue weighted by Crippen LogP contribution is 2.31. The summed E-state index contributed by atoms with van der Waals surface area (Å²) in [4.78, 5) is 23.6. The number of carbonyl (C=O) groups excluding carboxylic acids is 1. The number of aromatic nitrogens is 1. The molecule has 8 heteroatoms. The molecule has 1 N–H and O–H groups in total. The van der Waals surface area contributed by atoms with Gasteiger partial charge in [0, 0.05) is 23.6 Å². The Balaban J connectivity index is 2.04. The molecule has 5 nitrogen and oxygen atoms in total. The van der Waals surface area contributed by atoms with Crippen LogP contribution < -0.4 is 4.74 Å². The molecule has 1 aromatic heterocycles. The summed E-state index contributed by atoms with van der Waals surface area (Å²) < 4.78 is 42.9. The number of benzene rings is 2. The molecular formula is C23H22F3NO4. The number of halogens is 3. The van der Waals surface area contributed by atoms with Crippen LogP contribution in [0.2, 0.25) is 0 Å². The molecule has 0 aliphatic heterocycles. The number of carboxylic acid groups (broad SMARTS) is 1. The minimum atomic E-state index is -4.77. The Bertz CT molecular complexity index is 1100. The molecule has 0 saturated carbocycles. The molecule has 0 aliphatic rings. The Morgan fingerprint density at radius 1 is 1.03 bits per heavy atom. The molecule has 2 aromatic carbocycles. The Morgan fingerprint density at radius 2 is 1.65 bits per heavy atom. The van der Waals surface area contributed by atoms with Crippen LogP contribution in [-0.2, 0) is 11.3 Å². The number of carboxylic acids is 1. The van der Waals surface area contributed by atoms with Gasteiger partial charge in [-0.05, 0) is 41.3 Å². The predicted octanol–water partition coefficient (Wildman–Crippen LogP) is 5.91. The van der Waals surface area contributed by atoms with Crippen molar-refractivity contribution < 1.29 is 32.6 Å². The highest BCUT2D eigenvalue weighted by molar-refractivity contribution is 6.42. The van der Waals surface area contributed by atoms with E-state index in [2.05, 4.69) is 18.6 Å². The van der Waals surface area contributed by atoms with Crippen molar-refractivity contribution >= 4 is 22.7 Å². The van der Waals surface area contributed by atoms with Gasteiger partial charge in [0.05, 0.1) is 5.56 Å². The number of hydrogen-bond acceptors (Lipinski definition) is 3. The standard InChI is InChI=1S/C23H22F3NO4/c1-3-14(4-2)12-27-13-19(21(28)22(29)30)18-11-16(7-10-20(18)27)15-5-8-17(9-6-15)31-23(24,25)26/h5-11,13-14H,3-4,12H2,1-2H3,(H,29,30). The molecule has 1 heterocycles. The second-order valence-electron chi connectivity index (χ2n) is 7.32. The minimum Gasteiger partial charge on any atom is -0.475 e. The van der Waals surface area contributed by atoms with Crippen LogP contribution in [0.15, 0.2) is 48.7 Å². The molecule has 31 heavy (non-hydrogen) atoms. The van der Waals surface area contributed by atoms with Gasteiger partial charge in [-0.15, -0.1) is 13.2 Å². The van der Waals surface area contributed by atoms with Crippen LogP contribution in [0, 0.1) is 5.92 Å². The zero-order valence-corrected chi connectivity index (χ0v) is 17.1. The van der Waals surface area contributed by atoms with E-state index in [0.29, 0.717) is 29.0 Å². The van der Waals surface area contributed by atoms with Crippen molar-refractivity contribution in [3.05, 3.63) is 54.2 Å². The molecule has 164 valence electrons. The molecule has 0 radical (unpaired) electrons. The third kappa shape index (κ3) is 5.07. The van der Waals surface area contributed by atoms with Gasteiger partial charge in [-0.1, -0.05) is 44.9 Å². The molecule has 0 unspecified atom stereocenters. The lowest BCUT2D eigenvalue weighted by molar-refractivity contribution is -0.274. The van der Waals surface area contributed by atoms with E-state index in [-0.39, 0.29) is 11.3 Å². The fraction of sp³-hybridized carbons (Fsp3) is 0.304. The zero-order chi connectivity index (χ0) is 22.8. The summed E-state index contributed by atoms with van der Waals surface area (Å²) in [6.07, 6.45) is -1.31.